The van der Waals surface area contributed by atoms with Crippen LogP contribution in [0.4, 0.5) is 4.79 Å². The molecule has 2 rings (SSSR count). The molecule has 1 aliphatic carbocycles. The van der Waals surface area contributed by atoms with Gasteiger partial charge < -0.3 is 15.0 Å². The average Bonchev–Trinajstić information content (AvgIpc) is 3.02. The molecule has 1 heterocycles. The van der Waals surface area contributed by atoms with E-state index >= 15 is 0 Å². The first-order valence-electron chi connectivity index (χ1n) is 8.80. The van der Waals surface area contributed by atoms with Crippen molar-refractivity contribution >= 4 is 6.09 Å². The molecule has 1 saturated carbocycles. The Morgan fingerprint density at radius 1 is 1.41 bits per heavy atom. The molecule has 128 valence electrons. The molecule has 2 aliphatic rings. The lowest BCUT2D eigenvalue weighted by Crippen LogP contribution is -2.48. The van der Waals surface area contributed by atoms with Crippen LogP contribution in [0.2, 0.25) is 0 Å². The molecule has 0 spiro atoms. The van der Waals surface area contributed by atoms with Crippen LogP contribution in [0.1, 0.15) is 60.8 Å². The second-order valence-electron chi connectivity index (χ2n) is 8.92. The number of nitrogens with one attached hydrogen (secondary N) is 1. The molecule has 22 heavy (non-hydrogen) atoms. The summed E-state index contributed by atoms with van der Waals surface area (Å²) in [5.74, 6) is 1.35. The summed E-state index contributed by atoms with van der Waals surface area (Å²) in [5, 5.41) is 3.70. The number of hydrogen-bond donors (Lipinski definition) is 1. The zero-order chi connectivity index (χ0) is 16.5. The molecule has 1 N–H and O–H groups in total. The van der Waals surface area contributed by atoms with E-state index in [9.17, 15) is 4.79 Å². The van der Waals surface area contributed by atoms with Gasteiger partial charge in [-0.1, -0.05) is 13.8 Å². The van der Waals surface area contributed by atoms with Crippen molar-refractivity contribution in [1.29, 1.82) is 0 Å². The summed E-state index contributed by atoms with van der Waals surface area (Å²) >= 11 is 0. The highest BCUT2D eigenvalue weighted by Crippen LogP contribution is 2.51. The molecule has 2 fully saturated rings. The maximum absolute atomic E-state index is 12.2. The van der Waals surface area contributed by atoms with Crippen molar-refractivity contribution in [2.45, 2.75) is 72.4 Å². The Morgan fingerprint density at radius 2 is 2.05 bits per heavy atom. The van der Waals surface area contributed by atoms with Crippen LogP contribution < -0.4 is 5.32 Å². The van der Waals surface area contributed by atoms with E-state index in [1.807, 2.05) is 25.7 Å². The van der Waals surface area contributed by atoms with E-state index < -0.39 is 5.60 Å². The summed E-state index contributed by atoms with van der Waals surface area (Å²) in [5.41, 5.74) is 0.118. The fourth-order valence-corrected chi connectivity index (χ4v) is 3.33. The zero-order valence-electron chi connectivity index (χ0n) is 15.2. The summed E-state index contributed by atoms with van der Waals surface area (Å²) < 4.78 is 5.51. The fraction of sp³-hybridized carbons (Fsp3) is 0.944. The standard InChI is InChI=1S/C18H34N2O2/c1-13(19-11-15-10-18(15,5)6)14-8-7-9-20(12-14)16(21)22-17(2,3)4/h13-15,19H,7-12H2,1-6H3. The number of piperidine rings is 1. The van der Waals surface area contributed by atoms with Gasteiger partial charge in [-0.15, -0.1) is 0 Å². The molecule has 1 saturated heterocycles. The fourth-order valence-electron chi connectivity index (χ4n) is 3.33. The minimum absolute atomic E-state index is 0.160. The number of likely N-dealkylation sites (tertiary alicyclic amines) is 1. The van der Waals surface area contributed by atoms with Gasteiger partial charge in [-0.2, -0.15) is 0 Å². The van der Waals surface area contributed by atoms with E-state index in [-0.39, 0.29) is 6.09 Å². The highest BCUT2D eigenvalue weighted by Gasteiger charge is 2.45. The molecule has 1 amide bonds. The van der Waals surface area contributed by atoms with Crippen molar-refractivity contribution in [3.05, 3.63) is 0 Å². The number of nitrogens with zero attached hydrogens (tertiary/aromatic N) is 1. The number of carbonyl (C=O) groups is 1. The molecule has 0 radical (unpaired) electrons. The second kappa shape index (κ2) is 6.38. The number of carbonyl (C=O) groups excluding carboxylic acids is 1. The molecule has 3 atom stereocenters. The van der Waals surface area contributed by atoms with Gasteiger partial charge in [0.1, 0.15) is 5.60 Å². The first-order chi connectivity index (χ1) is 10.1. The summed E-state index contributed by atoms with van der Waals surface area (Å²) in [6.07, 6.45) is 3.45. The Bertz CT molecular complexity index is 400. The highest BCUT2D eigenvalue weighted by atomic mass is 16.6. The lowest BCUT2D eigenvalue weighted by atomic mass is 9.91. The number of hydrogen-bond acceptors (Lipinski definition) is 3. The summed E-state index contributed by atoms with van der Waals surface area (Å²) in [4.78, 5) is 14.1. The molecule has 0 aromatic carbocycles. The van der Waals surface area contributed by atoms with Gasteiger partial charge in [0.05, 0.1) is 0 Å². The summed E-state index contributed by atoms with van der Waals surface area (Å²) in [6, 6.07) is 0.460. The van der Waals surface area contributed by atoms with E-state index in [4.69, 9.17) is 4.74 Å². The number of rotatable bonds is 4. The van der Waals surface area contributed by atoms with Gasteiger partial charge in [-0.25, -0.2) is 4.79 Å². The van der Waals surface area contributed by atoms with Crippen molar-refractivity contribution in [2.24, 2.45) is 17.3 Å². The Balaban J connectivity index is 1.78. The first-order valence-corrected chi connectivity index (χ1v) is 8.80. The van der Waals surface area contributed by atoms with Gasteiger partial charge in [-0.3, -0.25) is 0 Å². The SMILES string of the molecule is CC(NCC1CC1(C)C)C1CCCN(C(=O)OC(C)(C)C)C1. The maximum Gasteiger partial charge on any atom is 0.410 e. The Hall–Kier alpha value is -0.770. The summed E-state index contributed by atoms with van der Waals surface area (Å²) in [6.45, 7) is 15.5. The van der Waals surface area contributed by atoms with Gasteiger partial charge >= 0.3 is 6.09 Å². The van der Waals surface area contributed by atoms with Crippen LogP contribution in [0.25, 0.3) is 0 Å². The molecule has 4 heteroatoms. The van der Waals surface area contributed by atoms with Crippen molar-refractivity contribution in [1.82, 2.24) is 10.2 Å². The van der Waals surface area contributed by atoms with Crippen molar-refractivity contribution in [3.63, 3.8) is 0 Å². The van der Waals surface area contributed by atoms with E-state index in [0.717, 1.165) is 32.0 Å². The van der Waals surface area contributed by atoms with E-state index in [2.05, 4.69) is 26.1 Å². The largest absolute Gasteiger partial charge is 0.444 e. The van der Waals surface area contributed by atoms with E-state index in [1.54, 1.807) is 0 Å². The summed E-state index contributed by atoms with van der Waals surface area (Å²) in [7, 11) is 0. The minimum Gasteiger partial charge on any atom is -0.444 e. The Morgan fingerprint density at radius 3 is 2.59 bits per heavy atom. The van der Waals surface area contributed by atoms with Gasteiger partial charge in [0, 0.05) is 19.1 Å². The number of ether oxygens (including phenoxy) is 1. The van der Waals surface area contributed by atoms with Crippen LogP contribution in [0.15, 0.2) is 0 Å². The predicted molar refractivity (Wildman–Crippen MR) is 89.9 cm³/mol. The molecule has 0 bridgehead atoms. The van der Waals surface area contributed by atoms with Crippen LogP contribution in [-0.2, 0) is 4.74 Å². The van der Waals surface area contributed by atoms with Crippen molar-refractivity contribution < 1.29 is 9.53 Å². The smallest absolute Gasteiger partial charge is 0.410 e. The molecule has 0 aromatic rings. The van der Waals surface area contributed by atoms with Crippen LogP contribution in [-0.4, -0.2) is 42.3 Å². The minimum atomic E-state index is -0.411. The number of amides is 1. The lowest BCUT2D eigenvalue weighted by molar-refractivity contribution is 0.0148. The van der Waals surface area contributed by atoms with Crippen molar-refractivity contribution in [3.8, 4) is 0 Å². The van der Waals surface area contributed by atoms with Crippen LogP contribution in [0.5, 0.6) is 0 Å². The van der Waals surface area contributed by atoms with Gasteiger partial charge in [0.2, 0.25) is 0 Å². The topological polar surface area (TPSA) is 41.6 Å². The molecule has 4 nitrogen and oxygen atoms in total. The average molecular weight is 310 g/mol. The quantitative estimate of drug-likeness (QED) is 0.861. The molecule has 1 aliphatic heterocycles. The first kappa shape index (κ1) is 17.6. The molecular weight excluding hydrogens is 276 g/mol. The normalized spacial score (nSPS) is 29.1. The third-order valence-corrected chi connectivity index (χ3v) is 5.22. The lowest BCUT2D eigenvalue weighted by Gasteiger charge is -2.37. The van der Waals surface area contributed by atoms with Crippen LogP contribution >= 0.6 is 0 Å². The maximum atomic E-state index is 12.2. The van der Waals surface area contributed by atoms with Gasteiger partial charge in [-0.05, 0) is 70.8 Å². The molecule has 3 unspecified atom stereocenters. The van der Waals surface area contributed by atoms with Crippen LogP contribution in [0.3, 0.4) is 0 Å². The van der Waals surface area contributed by atoms with Gasteiger partial charge in [0.25, 0.3) is 0 Å². The van der Waals surface area contributed by atoms with Crippen molar-refractivity contribution in [2.75, 3.05) is 19.6 Å². The Labute approximate surface area is 136 Å². The monoisotopic (exact) mass is 310 g/mol. The second-order valence-corrected chi connectivity index (χ2v) is 8.92. The third kappa shape index (κ3) is 4.87. The zero-order valence-corrected chi connectivity index (χ0v) is 15.2. The van der Waals surface area contributed by atoms with Gasteiger partial charge in [0.15, 0.2) is 0 Å². The van der Waals surface area contributed by atoms with E-state index in [1.165, 1.54) is 12.8 Å². The molecule has 0 aromatic heterocycles. The van der Waals surface area contributed by atoms with E-state index in [0.29, 0.717) is 17.4 Å². The molecular formula is C18H34N2O2. The van der Waals surface area contributed by atoms with Crippen LogP contribution in [0, 0.1) is 17.3 Å². The Kier molecular flexibility index (Phi) is 5.10. The predicted octanol–water partition coefficient (Wildman–Crippen LogP) is 3.66. The third-order valence-electron chi connectivity index (χ3n) is 5.22. The highest BCUT2D eigenvalue weighted by molar-refractivity contribution is 5.68.